The number of hydrogen-bond donors (Lipinski definition) is 2. The second kappa shape index (κ2) is 6.02. The van der Waals surface area contributed by atoms with Gasteiger partial charge in [-0.2, -0.15) is 0 Å². The molecule has 1 atom stereocenters. The van der Waals surface area contributed by atoms with Crippen molar-refractivity contribution in [2.75, 3.05) is 13.1 Å². The van der Waals surface area contributed by atoms with Gasteiger partial charge in [0.1, 0.15) is 5.82 Å². The monoisotopic (exact) mass is 318 g/mol. The summed E-state index contributed by atoms with van der Waals surface area (Å²) >= 11 is 0. The molecule has 1 aliphatic heterocycles. The fourth-order valence-corrected chi connectivity index (χ4v) is 3.25. The first-order chi connectivity index (χ1) is 11.0. The van der Waals surface area contributed by atoms with Crippen molar-refractivity contribution in [3.8, 4) is 0 Å². The third-order valence-corrected chi connectivity index (χ3v) is 4.53. The second-order valence-electron chi connectivity index (χ2n) is 6.11. The van der Waals surface area contributed by atoms with Gasteiger partial charge in [-0.05, 0) is 43.5 Å². The van der Waals surface area contributed by atoms with Crippen LogP contribution in [0.5, 0.6) is 0 Å². The van der Waals surface area contributed by atoms with Gasteiger partial charge in [-0.15, -0.1) is 0 Å². The molecule has 1 saturated heterocycles. The normalized spacial score (nSPS) is 18.3. The number of rotatable bonds is 3. The van der Waals surface area contributed by atoms with E-state index in [2.05, 4.69) is 4.98 Å². The number of carboxylic acids is 1. The number of nitrogens with one attached hydrogen (secondary N) is 1. The molecule has 1 aromatic heterocycles. The Morgan fingerprint density at radius 2 is 2.22 bits per heavy atom. The van der Waals surface area contributed by atoms with Crippen LogP contribution in [0.15, 0.2) is 18.2 Å². The number of aromatic amines is 1. The minimum absolute atomic E-state index is 0.107. The van der Waals surface area contributed by atoms with E-state index in [0.717, 1.165) is 16.8 Å². The van der Waals surface area contributed by atoms with Crippen molar-refractivity contribution in [3.05, 3.63) is 35.3 Å². The molecule has 1 aromatic carbocycles. The minimum Gasteiger partial charge on any atom is -0.481 e. The predicted molar refractivity (Wildman–Crippen MR) is 83.6 cm³/mol. The van der Waals surface area contributed by atoms with Crippen molar-refractivity contribution in [1.82, 2.24) is 9.88 Å². The van der Waals surface area contributed by atoms with Crippen LogP contribution in [0.2, 0.25) is 0 Å². The molecule has 1 fully saturated rings. The fourth-order valence-electron chi connectivity index (χ4n) is 3.25. The van der Waals surface area contributed by atoms with Crippen LogP contribution in [0.25, 0.3) is 10.9 Å². The first-order valence-electron chi connectivity index (χ1n) is 7.73. The molecular weight excluding hydrogens is 299 g/mol. The predicted octanol–water partition coefficient (Wildman–Crippen LogP) is 2.48. The number of aryl methyl sites for hydroxylation is 1. The minimum atomic E-state index is -0.854. The van der Waals surface area contributed by atoms with E-state index in [4.69, 9.17) is 5.11 Å². The number of halogens is 1. The van der Waals surface area contributed by atoms with E-state index in [-0.39, 0.29) is 24.7 Å². The molecule has 5 nitrogen and oxygen atoms in total. The number of amides is 1. The molecule has 1 amide bonds. The molecule has 122 valence electrons. The average molecular weight is 318 g/mol. The number of carbonyl (C=O) groups excluding carboxylic acids is 1. The first-order valence-corrected chi connectivity index (χ1v) is 7.73. The van der Waals surface area contributed by atoms with Crippen molar-refractivity contribution in [2.45, 2.75) is 26.2 Å². The van der Waals surface area contributed by atoms with Crippen LogP contribution in [0.1, 0.15) is 24.1 Å². The molecule has 0 unspecified atom stereocenters. The van der Waals surface area contributed by atoms with Crippen molar-refractivity contribution in [2.24, 2.45) is 5.92 Å². The Hall–Kier alpha value is -2.37. The fraction of sp³-hybridized carbons (Fsp3) is 0.412. The number of carbonyl (C=O) groups is 2. The highest BCUT2D eigenvalue weighted by atomic mass is 19.1. The summed E-state index contributed by atoms with van der Waals surface area (Å²) < 4.78 is 13.5. The van der Waals surface area contributed by atoms with E-state index in [1.165, 1.54) is 12.1 Å². The molecule has 23 heavy (non-hydrogen) atoms. The van der Waals surface area contributed by atoms with Gasteiger partial charge in [0, 0.05) is 29.7 Å². The Bertz CT molecular complexity index is 769. The van der Waals surface area contributed by atoms with Crippen LogP contribution in [0, 0.1) is 18.7 Å². The van der Waals surface area contributed by atoms with E-state index in [9.17, 15) is 14.0 Å². The summed E-state index contributed by atoms with van der Waals surface area (Å²) in [6, 6.07) is 4.47. The van der Waals surface area contributed by atoms with Gasteiger partial charge in [0.05, 0.1) is 12.3 Å². The topological polar surface area (TPSA) is 73.4 Å². The SMILES string of the molecule is Cc1[nH]c2ccc(F)cc2c1CC(=O)N1CCC[C@H](C(=O)O)C1. The van der Waals surface area contributed by atoms with Crippen LogP contribution in [0.3, 0.4) is 0 Å². The van der Waals surface area contributed by atoms with E-state index in [0.29, 0.717) is 24.8 Å². The highest BCUT2D eigenvalue weighted by Crippen LogP contribution is 2.25. The summed E-state index contributed by atoms with van der Waals surface area (Å²) in [5.41, 5.74) is 2.42. The molecule has 2 heterocycles. The summed E-state index contributed by atoms with van der Waals surface area (Å²) in [4.78, 5) is 28.4. The number of aromatic nitrogens is 1. The molecule has 2 aromatic rings. The van der Waals surface area contributed by atoms with Gasteiger partial charge in [0.15, 0.2) is 0 Å². The van der Waals surface area contributed by atoms with Gasteiger partial charge < -0.3 is 15.0 Å². The molecule has 0 radical (unpaired) electrons. The van der Waals surface area contributed by atoms with E-state index >= 15 is 0 Å². The highest BCUT2D eigenvalue weighted by molar-refractivity contribution is 5.90. The first kappa shape index (κ1) is 15.5. The maximum Gasteiger partial charge on any atom is 0.308 e. The summed E-state index contributed by atoms with van der Waals surface area (Å²) in [5, 5.41) is 9.84. The number of benzene rings is 1. The largest absolute Gasteiger partial charge is 0.481 e. The molecule has 2 N–H and O–H groups in total. The zero-order chi connectivity index (χ0) is 16.6. The zero-order valence-electron chi connectivity index (χ0n) is 12.9. The molecule has 0 bridgehead atoms. The third kappa shape index (κ3) is 3.06. The summed E-state index contributed by atoms with van der Waals surface area (Å²) in [5.74, 6) is -1.79. The number of H-pyrrole nitrogens is 1. The molecule has 3 rings (SSSR count). The van der Waals surface area contributed by atoms with Crippen LogP contribution >= 0.6 is 0 Å². The van der Waals surface area contributed by atoms with E-state index in [1.54, 1.807) is 11.0 Å². The summed E-state index contributed by atoms with van der Waals surface area (Å²) in [7, 11) is 0. The number of hydrogen-bond acceptors (Lipinski definition) is 2. The lowest BCUT2D eigenvalue weighted by Crippen LogP contribution is -2.43. The molecule has 0 saturated carbocycles. The quantitative estimate of drug-likeness (QED) is 0.913. The van der Waals surface area contributed by atoms with Crippen LogP contribution in [-0.4, -0.2) is 40.0 Å². The number of fused-ring (bicyclic) bond motifs is 1. The van der Waals surface area contributed by atoms with Gasteiger partial charge in [-0.3, -0.25) is 9.59 Å². The maximum absolute atomic E-state index is 13.5. The lowest BCUT2D eigenvalue weighted by atomic mass is 9.97. The van der Waals surface area contributed by atoms with Gasteiger partial charge in [-0.1, -0.05) is 0 Å². The molecular formula is C17H19FN2O3. The Labute approximate surface area is 133 Å². The lowest BCUT2D eigenvalue weighted by Gasteiger charge is -2.30. The second-order valence-corrected chi connectivity index (χ2v) is 6.11. The van der Waals surface area contributed by atoms with Crippen molar-refractivity contribution in [3.63, 3.8) is 0 Å². The van der Waals surface area contributed by atoms with E-state index in [1.807, 2.05) is 6.92 Å². The number of aliphatic carboxylic acids is 1. The third-order valence-electron chi connectivity index (χ3n) is 4.53. The number of carboxylic acid groups (broad SMARTS) is 1. The summed E-state index contributed by atoms with van der Waals surface area (Å²) in [6.45, 7) is 2.69. The zero-order valence-corrected chi connectivity index (χ0v) is 12.9. The maximum atomic E-state index is 13.5. The highest BCUT2D eigenvalue weighted by Gasteiger charge is 2.28. The average Bonchev–Trinajstić information content (AvgIpc) is 2.83. The number of piperidine rings is 1. The van der Waals surface area contributed by atoms with Crippen LogP contribution in [-0.2, 0) is 16.0 Å². The molecule has 0 spiro atoms. The number of likely N-dealkylation sites (tertiary alicyclic amines) is 1. The van der Waals surface area contributed by atoms with E-state index < -0.39 is 11.9 Å². The van der Waals surface area contributed by atoms with Crippen molar-refractivity contribution < 1.29 is 19.1 Å². The number of nitrogens with zero attached hydrogens (tertiary/aromatic N) is 1. The Morgan fingerprint density at radius 1 is 1.43 bits per heavy atom. The molecule has 6 heteroatoms. The Kier molecular flexibility index (Phi) is 4.07. The van der Waals surface area contributed by atoms with Gasteiger partial charge in [0.25, 0.3) is 0 Å². The van der Waals surface area contributed by atoms with Gasteiger partial charge >= 0.3 is 5.97 Å². The standard InChI is InChI=1S/C17H19FN2O3/c1-10-13(14-7-12(18)4-5-15(14)19-10)8-16(21)20-6-2-3-11(9-20)17(22)23/h4-5,7,11,19H,2-3,6,8-9H2,1H3,(H,22,23)/t11-/m0/s1. The Balaban J connectivity index is 1.81. The molecule has 1 aliphatic rings. The van der Waals surface area contributed by atoms with Crippen LogP contribution < -0.4 is 0 Å². The smallest absolute Gasteiger partial charge is 0.308 e. The van der Waals surface area contributed by atoms with Crippen molar-refractivity contribution in [1.29, 1.82) is 0 Å². The van der Waals surface area contributed by atoms with Crippen LogP contribution in [0.4, 0.5) is 4.39 Å². The summed E-state index contributed by atoms with van der Waals surface area (Å²) in [6.07, 6.45) is 1.46. The lowest BCUT2D eigenvalue weighted by molar-refractivity contribution is -0.145. The van der Waals surface area contributed by atoms with Crippen molar-refractivity contribution >= 4 is 22.8 Å². The Morgan fingerprint density at radius 3 is 2.96 bits per heavy atom. The van der Waals surface area contributed by atoms with Gasteiger partial charge in [0.2, 0.25) is 5.91 Å². The molecule has 0 aliphatic carbocycles. The van der Waals surface area contributed by atoms with Gasteiger partial charge in [-0.25, -0.2) is 4.39 Å².